The third kappa shape index (κ3) is 3.69. The molecular weight excluding hydrogens is 285 g/mol. The van der Waals surface area contributed by atoms with Gasteiger partial charge in [-0.2, -0.15) is 18.3 Å². The van der Waals surface area contributed by atoms with Crippen LogP contribution in [0.25, 0.3) is 11.3 Å². The quantitative estimate of drug-likeness (QED) is 0.944. The van der Waals surface area contributed by atoms with E-state index in [1.54, 1.807) is 12.1 Å². The van der Waals surface area contributed by atoms with E-state index in [0.717, 1.165) is 11.6 Å². The van der Waals surface area contributed by atoms with Crippen LogP contribution in [0.1, 0.15) is 5.56 Å². The Morgan fingerprint density at radius 3 is 2.38 bits per heavy atom. The molecule has 0 amide bonds. The molecule has 1 N–H and O–H groups in total. The summed E-state index contributed by atoms with van der Waals surface area (Å²) in [5.41, 5.74) is 1.37. The van der Waals surface area contributed by atoms with Crippen LogP contribution in [0.4, 0.5) is 13.2 Å². The highest BCUT2D eigenvalue weighted by atomic mass is 19.4. The summed E-state index contributed by atoms with van der Waals surface area (Å²) in [6, 6.07) is 9.74. The van der Waals surface area contributed by atoms with Gasteiger partial charge in [-0.05, 0) is 13.0 Å². The fourth-order valence-electron chi connectivity index (χ4n) is 1.73. The molecule has 21 heavy (non-hydrogen) atoms. The Balaban J connectivity index is 2.33. The van der Waals surface area contributed by atoms with Gasteiger partial charge in [0.05, 0.1) is 12.2 Å². The summed E-state index contributed by atoms with van der Waals surface area (Å²) in [4.78, 5) is 11.5. The van der Waals surface area contributed by atoms with Crippen LogP contribution in [-0.4, -0.2) is 27.2 Å². The van der Waals surface area contributed by atoms with Crippen molar-refractivity contribution in [3.8, 4) is 11.3 Å². The van der Waals surface area contributed by atoms with Crippen LogP contribution in [0, 0.1) is 6.92 Å². The van der Waals surface area contributed by atoms with Gasteiger partial charge in [0.25, 0.3) is 5.56 Å². The van der Waals surface area contributed by atoms with Gasteiger partial charge in [-0.1, -0.05) is 29.8 Å². The van der Waals surface area contributed by atoms with E-state index in [4.69, 9.17) is 5.11 Å². The predicted octanol–water partition coefficient (Wildman–Crippen LogP) is 2.14. The number of aliphatic hydroxyl groups is 1. The smallest absolute Gasteiger partial charge is 0.382 e. The predicted molar refractivity (Wildman–Crippen MR) is 70.7 cm³/mol. The van der Waals surface area contributed by atoms with E-state index < -0.39 is 24.4 Å². The molecule has 0 radical (unpaired) electrons. The molecule has 1 atom stereocenters. The molecule has 2 aromatic rings. The highest BCUT2D eigenvalue weighted by Gasteiger charge is 2.38. The Morgan fingerprint density at radius 1 is 1.19 bits per heavy atom. The summed E-state index contributed by atoms with van der Waals surface area (Å²) in [6.07, 6.45) is -7.42. The first-order chi connectivity index (χ1) is 9.77. The second-order valence-corrected chi connectivity index (χ2v) is 4.66. The molecule has 0 aliphatic carbocycles. The van der Waals surface area contributed by atoms with Crippen molar-refractivity contribution in [3.05, 3.63) is 52.3 Å². The van der Waals surface area contributed by atoms with Gasteiger partial charge in [-0.25, -0.2) is 4.68 Å². The Hall–Kier alpha value is -2.15. The Kier molecular flexibility index (Phi) is 4.13. The summed E-state index contributed by atoms with van der Waals surface area (Å²) in [5, 5.41) is 12.9. The first-order valence-corrected chi connectivity index (χ1v) is 6.17. The second-order valence-electron chi connectivity index (χ2n) is 4.66. The van der Waals surface area contributed by atoms with Crippen LogP contribution in [0.15, 0.2) is 41.2 Å². The zero-order valence-electron chi connectivity index (χ0n) is 11.1. The number of halogens is 3. The van der Waals surface area contributed by atoms with Crippen LogP contribution in [0.2, 0.25) is 0 Å². The lowest BCUT2D eigenvalue weighted by molar-refractivity contribution is -0.208. The normalized spacial score (nSPS) is 13.2. The second kappa shape index (κ2) is 5.69. The number of rotatable bonds is 3. The average Bonchev–Trinajstić information content (AvgIpc) is 2.41. The molecule has 112 valence electrons. The van der Waals surface area contributed by atoms with Crippen LogP contribution >= 0.6 is 0 Å². The topological polar surface area (TPSA) is 55.1 Å². The third-order valence-corrected chi connectivity index (χ3v) is 2.94. The number of aromatic nitrogens is 2. The highest BCUT2D eigenvalue weighted by Crippen LogP contribution is 2.21. The molecule has 1 aromatic heterocycles. The van der Waals surface area contributed by atoms with E-state index in [1.807, 2.05) is 19.1 Å². The van der Waals surface area contributed by atoms with Crippen LogP contribution in [0.5, 0.6) is 0 Å². The van der Waals surface area contributed by atoms with Crippen LogP contribution in [-0.2, 0) is 6.54 Å². The van der Waals surface area contributed by atoms with Gasteiger partial charge in [-0.15, -0.1) is 0 Å². The minimum absolute atomic E-state index is 0.365. The SMILES string of the molecule is Cc1ccc(-c2ccc(=O)n(CC(O)C(F)(F)F)n2)cc1. The molecule has 1 aromatic carbocycles. The van der Waals surface area contributed by atoms with Gasteiger partial charge in [0.2, 0.25) is 0 Å². The highest BCUT2D eigenvalue weighted by molar-refractivity contribution is 5.58. The number of benzene rings is 1. The molecule has 0 fully saturated rings. The zero-order chi connectivity index (χ0) is 15.6. The van der Waals surface area contributed by atoms with E-state index in [9.17, 15) is 18.0 Å². The monoisotopic (exact) mass is 298 g/mol. The number of hydrogen-bond donors (Lipinski definition) is 1. The molecule has 1 unspecified atom stereocenters. The molecule has 0 saturated heterocycles. The van der Waals surface area contributed by atoms with Gasteiger partial charge in [0.15, 0.2) is 6.10 Å². The molecule has 0 aliphatic rings. The Bertz CT molecular complexity index is 678. The van der Waals surface area contributed by atoms with Gasteiger partial charge >= 0.3 is 6.18 Å². The van der Waals surface area contributed by atoms with Crippen molar-refractivity contribution < 1.29 is 18.3 Å². The van der Waals surface area contributed by atoms with Gasteiger partial charge in [0.1, 0.15) is 0 Å². The summed E-state index contributed by atoms with van der Waals surface area (Å²) < 4.78 is 37.6. The number of aryl methyl sites for hydroxylation is 1. The first kappa shape index (κ1) is 15.2. The molecule has 4 nitrogen and oxygen atoms in total. The standard InChI is InChI=1S/C14H13F3N2O2/c1-9-2-4-10(5-3-9)11-6-7-13(21)19(18-11)8-12(20)14(15,16)17/h2-7,12,20H,8H2,1H3. The van der Waals surface area contributed by atoms with Crippen molar-refractivity contribution in [1.82, 2.24) is 9.78 Å². The molecule has 0 bridgehead atoms. The molecule has 1 heterocycles. The summed E-state index contributed by atoms with van der Waals surface area (Å²) in [6.45, 7) is 0.972. The summed E-state index contributed by atoms with van der Waals surface area (Å²) in [7, 11) is 0. The van der Waals surface area contributed by atoms with E-state index in [1.165, 1.54) is 6.07 Å². The van der Waals surface area contributed by atoms with E-state index in [0.29, 0.717) is 15.9 Å². The van der Waals surface area contributed by atoms with Crippen molar-refractivity contribution in [2.45, 2.75) is 25.7 Å². The molecule has 0 spiro atoms. The van der Waals surface area contributed by atoms with Crippen molar-refractivity contribution in [1.29, 1.82) is 0 Å². The zero-order valence-corrected chi connectivity index (χ0v) is 11.1. The Labute approximate surface area is 118 Å². The molecule has 7 heteroatoms. The number of hydrogen-bond acceptors (Lipinski definition) is 3. The lowest BCUT2D eigenvalue weighted by atomic mass is 10.1. The van der Waals surface area contributed by atoms with Crippen molar-refractivity contribution in [2.75, 3.05) is 0 Å². The fraction of sp³-hybridized carbons (Fsp3) is 0.286. The largest absolute Gasteiger partial charge is 0.416 e. The van der Waals surface area contributed by atoms with Crippen molar-refractivity contribution in [3.63, 3.8) is 0 Å². The number of aliphatic hydroxyl groups excluding tert-OH is 1. The van der Waals surface area contributed by atoms with Crippen LogP contribution < -0.4 is 5.56 Å². The summed E-state index contributed by atoms with van der Waals surface area (Å²) >= 11 is 0. The van der Waals surface area contributed by atoms with Crippen molar-refractivity contribution >= 4 is 0 Å². The lowest BCUT2D eigenvalue weighted by Gasteiger charge is -2.15. The van der Waals surface area contributed by atoms with Gasteiger partial charge < -0.3 is 5.11 Å². The first-order valence-electron chi connectivity index (χ1n) is 6.17. The van der Waals surface area contributed by atoms with E-state index in [2.05, 4.69) is 5.10 Å². The molecule has 0 aliphatic heterocycles. The van der Waals surface area contributed by atoms with Gasteiger partial charge in [-0.3, -0.25) is 4.79 Å². The molecule has 0 saturated carbocycles. The van der Waals surface area contributed by atoms with E-state index >= 15 is 0 Å². The van der Waals surface area contributed by atoms with Crippen molar-refractivity contribution in [2.24, 2.45) is 0 Å². The molecule has 2 rings (SSSR count). The molecular formula is C14H13F3N2O2. The van der Waals surface area contributed by atoms with Crippen LogP contribution in [0.3, 0.4) is 0 Å². The maximum absolute atomic E-state index is 12.3. The minimum atomic E-state index is -4.79. The van der Waals surface area contributed by atoms with Gasteiger partial charge in [0, 0.05) is 11.6 Å². The number of alkyl halides is 3. The Morgan fingerprint density at radius 2 is 1.81 bits per heavy atom. The maximum Gasteiger partial charge on any atom is 0.416 e. The van der Waals surface area contributed by atoms with E-state index in [-0.39, 0.29) is 0 Å². The average molecular weight is 298 g/mol. The minimum Gasteiger partial charge on any atom is -0.382 e. The summed E-state index contributed by atoms with van der Waals surface area (Å²) in [5.74, 6) is 0. The fourth-order valence-corrected chi connectivity index (χ4v) is 1.73. The third-order valence-electron chi connectivity index (χ3n) is 2.94. The maximum atomic E-state index is 12.3. The lowest BCUT2D eigenvalue weighted by Crippen LogP contribution is -2.37. The number of nitrogens with zero attached hydrogens (tertiary/aromatic N) is 2.